The fourth-order valence-electron chi connectivity index (χ4n) is 8.71. The van der Waals surface area contributed by atoms with Crippen LogP contribution in [0.2, 0.25) is 0 Å². The van der Waals surface area contributed by atoms with Crippen molar-refractivity contribution in [1.82, 2.24) is 0 Å². The largest absolute Gasteiger partial charge is 0.455 e. The van der Waals surface area contributed by atoms with E-state index in [1.165, 1.54) is 88.2 Å². The molecule has 0 saturated heterocycles. The molecule has 46 heavy (non-hydrogen) atoms. The van der Waals surface area contributed by atoms with E-state index < -0.39 is 0 Å². The van der Waals surface area contributed by atoms with Crippen LogP contribution in [0.15, 0.2) is 97.1 Å². The van der Waals surface area contributed by atoms with E-state index in [0.29, 0.717) is 28.3 Å². The smallest absolute Gasteiger partial charge is 0.150 e. The lowest BCUT2D eigenvalue weighted by atomic mass is 9.54. The highest BCUT2D eigenvalue weighted by Gasteiger charge is 2.47. The lowest BCUT2D eigenvalue weighted by molar-refractivity contribution is 0.0417. The molecule has 0 heterocycles. The Balaban J connectivity index is 1.40. The number of anilines is 2. The molecule has 0 unspecified atom stereocenters. The van der Waals surface area contributed by atoms with Crippen molar-refractivity contribution < 1.29 is 9.47 Å². The summed E-state index contributed by atoms with van der Waals surface area (Å²) >= 11 is 0. The molecule has 6 rings (SSSR count). The van der Waals surface area contributed by atoms with Crippen molar-refractivity contribution in [3.63, 3.8) is 0 Å². The fraction of sp³-hybridized carbons (Fsp3) is 0.429. The number of hydrogen-bond acceptors (Lipinski definition) is 4. The third-order valence-electron chi connectivity index (χ3n) is 11.2. The zero-order valence-corrected chi connectivity index (χ0v) is 27.7. The van der Waals surface area contributed by atoms with Crippen molar-refractivity contribution in [1.29, 1.82) is 0 Å². The van der Waals surface area contributed by atoms with Crippen LogP contribution in [-0.2, 0) is 5.41 Å². The Morgan fingerprint density at radius 1 is 0.565 bits per heavy atom. The van der Waals surface area contributed by atoms with Crippen molar-refractivity contribution in [3.8, 4) is 23.0 Å². The molecule has 0 amide bonds. The van der Waals surface area contributed by atoms with Gasteiger partial charge in [-0.05, 0) is 92.7 Å². The normalized spacial score (nSPS) is 17.8. The Kier molecular flexibility index (Phi) is 10.2. The summed E-state index contributed by atoms with van der Waals surface area (Å²) in [7, 11) is 0. The first kappa shape index (κ1) is 32.0. The van der Waals surface area contributed by atoms with Crippen LogP contribution in [0.1, 0.15) is 108 Å². The summed E-state index contributed by atoms with van der Waals surface area (Å²) in [4.78, 5) is 0. The van der Waals surface area contributed by atoms with Crippen LogP contribution < -0.4 is 20.9 Å². The third-order valence-corrected chi connectivity index (χ3v) is 11.2. The highest BCUT2D eigenvalue weighted by molar-refractivity contribution is 5.59. The van der Waals surface area contributed by atoms with Crippen LogP contribution in [-0.4, -0.2) is 0 Å². The Morgan fingerprint density at radius 3 is 1.54 bits per heavy atom. The first-order valence-corrected chi connectivity index (χ1v) is 17.8. The van der Waals surface area contributed by atoms with Crippen LogP contribution in [0.3, 0.4) is 0 Å². The van der Waals surface area contributed by atoms with E-state index in [9.17, 15) is 0 Å². The number of hydrogen-bond donors (Lipinski definition) is 2. The molecule has 4 aromatic rings. The topological polar surface area (TPSA) is 70.5 Å². The molecule has 4 N–H and O–H groups in total. The number of para-hydroxylation sites is 6. The van der Waals surface area contributed by atoms with Crippen LogP contribution in [0.5, 0.6) is 23.0 Å². The molecule has 0 spiro atoms. The van der Waals surface area contributed by atoms with Crippen LogP contribution >= 0.6 is 0 Å². The third kappa shape index (κ3) is 6.77. The second kappa shape index (κ2) is 14.7. The predicted molar refractivity (Wildman–Crippen MR) is 192 cm³/mol. The Bertz CT molecular complexity index is 1470. The van der Waals surface area contributed by atoms with Gasteiger partial charge in [0.25, 0.3) is 0 Å². The van der Waals surface area contributed by atoms with Crippen molar-refractivity contribution in [2.75, 3.05) is 11.5 Å². The molecule has 2 saturated carbocycles. The summed E-state index contributed by atoms with van der Waals surface area (Å²) in [6.07, 6.45) is 18.3. The van der Waals surface area contributed by atoms with Crippen LogP contribution in [0, 0.1) is 11.3 Å². The fourth-order valence-corrected chi connectivity index (χ4v) is 8.71. The van der Waals surface area contributed by atoms with Crippen molar-refractivity contribution in [3.05, 3.63) is 108 Å². The summed E-state index contributed by atoms with van der Waals surface area (Å²) in [5, 5.41) is 0. The lowest BCUT2D eigenvalue weighted by Crippen LogP contribution is -2.41. The van der Waals surface area contributed by atoms with Gasteiger partial charge in [0, 0.05) is 16.5 Å². The highest BCUT2D eigenvalue weighted by atomic mass is 16.5. The molecule has 4 heteroatoms. The van der Waals surface area contributed by atoms with Gasteiger partial charge in [-0.15, -0.1) is 0 Å². The van der Waals surface area contributed by atoms with Gasteiger partial charge in [-0.25, -0.2) is 0 Å². The SMILES string of the molecule is CCCCCCC1(C2CCC(c3ccccc3Oc3ccccc3N)(c3ccccc3Oc3ccccc3N)CC2)CCCCC1. The molecule has 0 atom stereocenters. The van der Waals surface area contributed by atoms with E-state index >= 15 is 0 Å². The van der Waals surface area contributed by atoms with Gasteiger partial charge in [0.2, 0.25) is 0 Å². The minimum Gasteiger partial charge on any atom is -0.455 e. The van der Waals surface area contributed by atoms with Gasteiger partial charge in [0.1, 0.15) is 23.0 Å². The number of rotatable bonds is 12. The van der Waals surface area contributed by atoms with Crippen molar-refractivity contribution in [2.24, 2.45) is 11.3 Å². The van der Waals surface area contributed by atoms with Gasteiger partial charge in [-0.2, -0.15) is 0 Å². The van der Waals surface area contributed by atoms with E-state index in [1.54, 1.807) is 0 Å². The van der Waals surface area contributed by atoms with Gasteiger partial charge >= 0.3 is 0 Å². The first-order chi connectivity index (χ1) is 22.5. The van der Waals surface area contributed by atoms with Gasteiger partial charge in [-0.1, -0.05) is 113 Å². The molecular weight excluding hydrogens is 564 g/mol. The Morgan fingerprint density at radius 2 is 1.04 bits per heavy atom. The quantitative estimate of drug-likeness (QED) is 0.123. The average molecular weight is 617 g/mol. The van der Waals surface area contributed by atoms with E-state index in [0.717, 1.165) is 30.3 Å². The predicted octanol–water partition coefficient (Wildman–Crippen LogP) is 11.8. The summed E-state index contributed by atoms with van der Waals surface area (Å²) < 4.78 is 13.3. The summed E-state index contributed by atoms with van der Waals surface area (Å²) in [6.45, 7) is 2.32. The van der Waals surface area contributed by atoms with Crippen molar-refractivity contribution >= 4 is 11.4 Å². The average Bonchev–Trinajstić information content (AvgIpc) is 3.10. The summed E-state index contributed by atoms with van der Waals surface area (Å²) in [6, 6.07) is 32.7. The van der Waals surface area contributed by atoms with Crippen molar-refractivity contribution in [2.45, 2.75) is 102 Å². The minimum atomic E-state index is -0.283. The number of ether oxygens (including phenoxy) is 2. The minimum absolute atomic E-state index is 0.283. The zero-order chi connectivity index (χ0) is 31.8. The van der Waals surface area contributed by atoms with Crippen LogP contribution in [0.4, 0.5) is 11.4 Å². The van der Waals surface area contributed by atoms with Gasteiger partial charge in [-0.3, -0.25) is 0 Å². The number of nitrogen functional groups attached to an aromatic ring is 2. The Labute approximate surface area is 276 Å². The van der Waals surface area contributed by atoms with E-state index in [-0.39, 0.29) is 5.41 Å². The lowest BCUT2D eigenvalue weighted by Gasteiger charge is -2.50. The highest BCUT2D eigenvalue weighted by Crippen LogP contribution is 2.58. The second-order valence-corrected chi connectivity index (χ2v) is 13.9. The van der Waals surface area contributed by atoms with Gasteiger partial charge in [0.05, 0.1) is 11.4 Å². The molecule has 2 fully saturated rings. The molecule has 0 aliphatic heterocycles. The summed E-state index contributed by atoms with van der Waals surface area (Å²) in [5.74, 6) is 3.85. The molecule has 4 aromatic carbocycles. The molecule has 0 radical (unpaired) electrons. The maximum absolute atomic E-state index is 6.67. The maximum Gasteiger partial charge on any atom is 0.150 e. The van der Waals surface area contributed by atoms with E-state index in [4.69, 9.17) is 20.9 Å². The Hall–Kier alpha value is -3.92. The second-order valence-electron chi connectivity index (χ2n) is 13.9. The molecule has 4 nitrogen and oxygen atoms in total. The first-order valence-electron chi connectivity index (χ1n) is 17.8. The number of unbranched alkanes of at least 4 members (excludes halogenated alkanes) is 3. The molecule has 242 valence electrons. The number of benzene rings is 4. The van der Waals surface area contributed by atoms with Crippen LogP contribution in [0.25, 0.3) is 0 Å². The molecular formula is C42H52N2O2. The maximum atomic E-state index is 6.67. The zero-order valence-electron chi connectivity index (χ0n) is 27.7. The molecule has 2 aliphatic carbocycles. The van der Waals surface area contributed by atoms with E-state index in [2.05, 4.69) is 55.5 Å². The standard InChI is InChI=1S/C42H52N2O2/c1-2-3-4-14-27-41(28-15-5-16-29-41)32-25-30-42(31-26-32,33-17-6-10-21-37(33)45-39-23-12-8-19-35(39)43)34-18-7-11-22-38(34)46-40-24-13-9-20-36(40)44/h6-13,17-24,32H,2-5,14-16,25-31,43-44H2,1H3. The van der Waals surface area contributed by atoms with Gasteiger partial charge in [0.15, 0.2) is 0 Å². The summed E-state index contributed by atoms with van der Waals surface area (Å²) in [5.41, 5.74) is 16.7. The number of nitrogens with two attached hydrogens (primary N) is 2. The molecule has 0 aromatic heterocycles. The monoisotopic (exact) mass is 616 g/mol. The molecule has 0 bridgehead atoms. The molecule has 2 aliphatic rings. The van der Waals surface area contributed by atoms with E-state index in [1.807, 2.05) is 48.5 Å². The van der Waals surface area contributed by atoms with Gasteiger partial charge < -0.3 is 20.9 Å².